The van der Waals surface area contributed by atoms with Crippen molar-refractivity contribution in [2.24, 2.45) is 0 Å². The summed E-state index contributed by atoms with van der Waals surface area (Å²) in [5.41, 5.74) is 2.83. The fourth-order valence-corrected chi connectivity index (χ4v) is 5.32. The van der Waals surface area contributed by atoms with E-state index in [1.54, 1.807) is 0 Å². The standard InChI is InChI=1S/C24H33N7O/c1-3-17-9-10-21-18(15-17)16-20(24(32)25-21)22(30-13-11-29(4-2)12-14-30)23-26-27-28-31(23)19-7-5-6-8-19/h9-10,15-16,19,22H,3-8,11-14H2,1-2H3,(H,25,32)/t22-/m1/s1. The average molecular weight is 436 g/mol. The highest BCUT2D eigenvalue weighted by molar-refractivity contribution is 5.80. The molecule has 1 saturated carbocycles. The second-order valence-electron chi connectivity index (χ2n) is 9.12. The van der Waals surface area contributed by atoms with Gasteiger partial charge in [-0.25, -0.2) is 4.68 Å². The Balaban J connectivity index is 1.61. The number of hydrogen-bond acceptors (Lipinski definition) is 6. The zero-order valence-electron chi connectivity index (χ0n) is 19.1. The quantitative estimate of drug-likeness (QED) is 0.641. The van der Waals surface area contributed by atoms with Crippen LogP contribution in [-0.4, -0.2) is 67.7 Å². The Hall–Kier alpha value is -2.58. The maximum absolute atomic E-state index is 13.3. The number of tetrazole rings is 1. The van der Waals surface area contributed by atoms with Crippen LogP contribution >= 0.6 is 0 Å². The monoisotopic (exact) mass is 435 g/mol. The van der Waals surface area contributed by atoms with E-state index >= 15 is 0 Å². The number of nitrogens with one attached hydrogen (secondary N) is 1. The van der Waals surface area contributed by atoms with Gasteiger partial charge >= 0.3 is 0 Å². The molecule has 3 aromatic rings. The zero-order valence-corrected chi connectivity index (χ0v) is 19.1. The number of aromatic nitrogens is 5. The van der Waals surface area contributed by atoms with E-state index < -0.39 is 0 Å². The molecule has 1 atom stereocenters. The fourth-order valence-electron chi connectivity index (χ4n) is 5.32. The lowest BCUT2D eigenvalue weighted by atomic mass is 10.0. The summed E-state index contributed by atoms with van der Waals surface area (Å²) in [4.78, 5) is 21.3. The third kappa shape index (κ3) is 3.97. The molecule has 8 nitrogen and oxygen atoms in total. The number of fused-ring (bicyclic) bond motifs is 1. The molecule has 0 radical (unpaired) electrons. The summed E-state index contributed by atoms with van der Waals surface area (Å²) in [5.74, 6) is 0.804. The van der Waals surface area contributed by atoms with Crippen molar-refractivity contribution in [3.05, 3.63) is 51.6 Å². The zero-order chi connectivity index (χ0) is 22.1. The topological polar surface area (TPSA) is 82.9 Å². The molecule has 2 aromatic heterocycles. The van der Waals surface area contributed by atoms with Crippen LogP contribution in [-0.2, 0) is 6.42 Å². The second-order valence-corrected chi connectivity index (χ2v) is 9.12. The minimum absolute atomic E-state index is 0.0503. The Morgan fingerprint density at radius 2 is 1.88 bits per heavy atom. The van der Waals surface area contributed by atoms with Crippen molar-refractivity contribution in [1.29, 1.82) is 0 Å². The summed E-state index contributed by atoms with van der Waals surface area (Å²) in [6.45, 7) is 9.17. The molecular weight excluding hydrogens is 402 g/mol. The smallest absolute Gasteiger partial charge is 0.253 e. The highest BCUT2D eigenvalue weighted by Gasteiger charge is 2.34. The molecule has 1 aromatic carbocycles. The third-order valence-corrected chi connectivity index (χ3v) is 7.29. The van der Waals surface area contributed by atoms with Crippen molar-refractivity contribution in [2.45, 2.75) is 58.0 Å². The molecule has 1 aliphatic heterocycles. The Labute approximate surface area is 188 Å². The maximum Gasteiger partial charge on any atom is 0.253 e. The molecule has 0 amide bonds. The Kier molecular flexibility index (Phi) is 6.06. The molecule has 2 aliphatic rings. The maximum atomic E-state index is 13.3. The summed E-state index contributed by atoms with van der Waals surface area (Å²) in [7, 11) is 0. The van der Waals surface area contributed by atoms with Gasteiger partial charge in [0.15, 0.2) is 5.82 Å². The molecule has 8 heteroatoms. The predicted octanol–water partition coefficient (Wildman–Crippen LogP) is 2.92. The molecule has 0 spiro atoms. The van der Waals surface area contributed by atoms with Crippen LogP contribution in [0.1, 0.15) is 68.6 Å². The number of aromatic amines is 1. The van der Waals surface area contributed by atoms with Gasteiger partial charge < -0.3 is 9.88 Å². The Bertz CT molecular complexity index is 1120. The number of likely N-dealkylation sites (N-methyl/N-ethyl adjacent to an activating group) is 1. The molecule has 1 saturated heterocycles. The number of hydrogen-bond donors (Lipinski definition) is 1. The lowest BCUT2D eigenvalue weighted by Gasteiger charge is -2.38. The number of pyridine rings is 1. The van der Waals surface area contributed by atoms with Crippen LogP contribution in [0.4, 0.5) is 0 Å². The number of nitrogens with zero attached hydrogens (tertiary/aromatic N) is 6. The first-order valence-corrected chi connectivity index (χ1v) is 12.1. The van der Waals surface area contributed by atoms with E-state index in [0.29, 0.717) is 6.04 Å². The van der Waals surface area contributed by atoms with E-state index in [4.69, 9.17) is 0 Å². The summed E-state index contributed by atoms with van der Waals surface area (Å²) < 4.78 is 2.01. The summed E-state index contributed by atoms with van der Waals surface area (Å²) in [6.07, 6.45) is 5.58. The minimum Gasteiger partial charge on any atom is -0.322 e. The summed E-state index contributed by atoms with van der Waals surface area (Å²) in [5, 5.41) is 14.0. The van der Waals surface area contributed by atoms with Crippen molar-refractivity contribution in [2.75, 3.05) is 32.7 Å². The first kappa shape index (κ1) is 21.3. The highest BCUT2D eigenvalue weighted by atomic mass is 16.1. The molecule has 3 heterocycles. The second kappa shape index (κ2) is 9.11. The van der Waals surface area contributed by atoms with Gasteiger partial charge in [-0.05, 0) is 65.4 Å². The van der Waals surface area contributed by atoms with Crippen LogP contribution in [0, 0.1) is 0 Å². The van der Waals surface area contributed by atoms with Crippen LogP contribution in [0.2, 0.25) is 0 Å². The molecule has 1 aliphatic carbocycles. The van der Waals surface area contributed by atoms with Crippen molar-refractivity contribution in [3.8, 4) is 0 Å². The van der Waals surface area contributed by atoms with Gasteiger partial charge in [0.2, 0.25) is 0 Å². The number of piperazine rings is 1. The first-order valence-electron chi connectivity index (χ1n) is 12.1. The number of H-pyrrole nitrogens is 1. The highest BCUT2D eigenvalue weighted by Crippen LogP contribution is 2.34. The van der Waals surface area contributed by atoms with Crippen LogP contribution in [0.25, 0.3) is 10.9 Å². The van der Waals surface area contributed by atoms with Gasteiger partial charge in [-0.1, -0.05) is 32.8 Å². The van der Waals surface area contributed by atoms with Gasteiger partial charge in [0.1, 0.15) is 6.04 Å². The lowest BCUT2D eigenvalue weighted by Crippen LogP contribution is -2.49. The Morgan fingerprint density at radius 1 is 1.09 bits per heavy atom. The van der Waals surface area contributed by atoms with Gasteiger partial charge in [-0.15, -0.1) is 5.10 Å². The first-order chi connectivity index (χ1) is 15.7. The molecule has 170 valence electrons. The molecule has 1 N–H and O–H groups in total. The van der Waals surface area contributed by atoms with E-state index in [1.807, 2.05) is 10.7 Å². The SMILES string of the molecule is CCc1ccc2[nH]c(=O)c([C@H](c3nnnn3C3CCCC3)N3CCN(CC)CC3)cc2c1. The van der Waals surface area contributed by atoms with Gasteiger partial charge in [-0.3, -0.25) is 9.69 Å². The van der Waals surface area contributed by atoms with Crippen molar-refractivity contribution in [1.82, 2.24) is 35.0 Å². The molecule has 32 heavy (non-hydrogen) atoms. The van der Waals surface area contributed by atoms with E-state index in [0.717, 1.165) is 74.3 Å². The number of benzene rings is 1. The lowest BCUT2D eigenvalue weighted by molar-refractivity contribution is 0.107. The van der Waals surface area contributed by atoms with Crippen molar-refractivity contribution < 1.29 is 0 Å². The third-order valence-electron chi connectivity index (χ3n) is 7.29. The van der Waals surface area contributed by atoms with Gasteiger partial charge in [0.05, 0.1) is 6.04 Å². The molecule has 5 rings (SSSR count). The van der Waals surface area contributed by atoms with Gasteiger partial charge in [-0.2, -0.15) is 0 Å². The minimum atomic E-state index is -0.247. The van der Waals surface area contributed by atoms with Crippen LogP contribution in [0.15, 0.2) is 29.1 Å². The summed E-state index contributed by atoms with van der Waals surface area (Å²) in [6, 6.07) is 8.42. The van der Waals surface area contributed by atoms with E-state index in [2.05, 4.69) is 62.4 Å². The molecule has 2 fully saturated rings. The van der Waals surface area contributed by atoms with Crippen LogP contribution in [0.3, 0.4) is 0 Å². The van der Waals surface area contributed by atoms with Gasteiger partial charge in [0, 0.05) is 37.3 Å². The van der Waals surface area contributed by atoms with Crippen LogP contribution in [0.5, 0.6) is 0 Å². The normalized spacial score (nSPS) is 19.7. The summed E-state index contributed by atoms with van der Waals surface area (Å²) >= 11 is 0. The number of aryl methyl sites for hydroxylation is 1. The van der Waals surface area contributed by atoms with E-state index in [1.165, 1.54) is 18.4 Å². The number of rotatable bonds is 6. The Morgan fingerprint density at radius 3 is 2.59 bits per heavy atom. The predicted molar refractivity (Wildman–Crippen MR) is 125 cm³/mol. The van der Waals surface area contributed by atoms with Crippen molar-refractivity contribution in [3.63, 3.8) is 0 Å². The van der Waals surface area contributed by atoms with Crippen LogP contribution < -0.4 is 5.56 Å². The molecular formula is C24H33N7O. The fraction of sp³-hybridized carbons (Fsp3) is 0.583. The molecule has 0 bridgehead atoms. The van der Waals surface area contributed by atoms with E-state index in [9.17, 15) is 4.79 Å². The molecule has 0 unspecified atom stereocenters. The largest absolute Gasteiger partial charge is 0.322 e. The van der Waals surface area contributed by atoms with Crippen molar-refractivity contribution >= 4 is 10.9 Å². The van der Waals surface area contributed by atoms with E-state index in [-0.39, 0.29) is 11.6 Å². The van der Waals surface area contributed by atoms with Gasteiger partial charge in [0.25, 0.3) is 5.56 Å². The average Bonchev–Trinajstić information content (AvgIpc) is 3.52.